The van der Waals surface area contributed by atoms with E-state index in [1.165, 1.54) is 0 Å². The van der Waals surface area contributed by atoms with E-state index in [2.05, 4.69) is 0 Å². The summed E-state index contributed by atoms with van der Waals surface area (Å²) in [7, 11) is -3.54. The summed E-state index contributed by atoms with van der Waals surface area (Å²) in [4.78, 5) is 12.4. The van der Waals surface area contributed by atoms with Crippen LogP contribution in [0.25, 0.3) is 0 Å². The van der Waals surface area contributed by atoms with Gasteiger partial charge in [0.2, 0.25) is 0 Å². The fraction of sp³-hybridized carbons (Fsp3) is 0.357. The molecule has 0 N–H and O–H groups in total. The van der Waals surface area contributed by atoms with Gasteiger partial charge in [-0.3, -0.25) is 4.79 Å². The molecule has 1 aliphatic carbocycles. The van der Waals surface area contributed by atoms with E-state index in [9.17, 15) is 13.2 Å². The molecule has 18 heavy (non-hydrogen) atoms. The second-order valence-corrected chi connectivity index (χ2v) is 6.86. The van der Waals surface area contributed by atoms with Gasteiger partial charge in [-0.25, -0.2) is 8.42 Å². The van der Waals surface area contributed by atoms with Crippen molar-refractivity contribution < 1.29 is 13.2 Å². The van der Waals surface area contributed by atoms with E-state index in [1.54, 1.807) is 30.3 Å². The van der Waals surface area contributed by atoms with Crippen LogP contribution in [0.2, 0.25) is 0 Å². The molecule has 1 fully saturated rings. The first-order chi connectivity index (χ1) is 8.44. The Labute approximate surface area is 107 Å². The first-order valence-corrected chi connectivity index (χ1v) is 7.48. The molecular formula is C14H16O3S. The second kappa shape index (κ2) is 4.69. The molecule has 1 aromatic carbocycles. The molecule has 1 aliphatic rings. The van der Waals surface area contributed by atoms with Gasteiger partial charge in [0.15, 0.2) is 15.6 Å². The summed E-state index contributed by atoms with van der Waals surface area (Å²) >= 11 is 0. The number of benzene rings is 1. The first kappa shape index (κ1) is 13.0. The Kier molecular flexibility index (Phi) is 3.39. The molecule has 0 aromatic heterocycles. The van der Waals surface area contributed by atoms with Gasteiger partial charge >= 0.3 is 0 Å². The molecule has 0 saturated heterocycles. The highest BCUT2D eigenvalue weighted by Gasteiger charge is 2.40. The summed E-state index contributed by atoms with van der Waals surface area (Å²) in [6.07, 6.45) is 0.967. The summed E-state index contributed by atoms with van der Waals surface area (Å²) in [6, 6.07) is 8.20. The molecule has 0 spiro atoms. The van der Waals surface area contributed by atoms with E-state index in [1.807, 2.05) is 13.8 Å². The number of rotatable bonds is 2. The highest BCUT2D eigenvalue weighted by atomic mass is 32.2. The maximum atomic E-state index is 12.4. The molecule has 4 heteroatoms. The van der Waals surface area contributed by atoms with Crippen LogP contribution in [0.4, 0.5) is 0 Å². The Hall–Kier alpha value is -1.42. The Morgan fingerprint density at radius 1 is 1.17 bits per heavy atom. The van der Waals surface area contributed by atoms with Crippen LogP contribution in [0.15, 0.2) is 46.4 Å². The number of hydrogen-bond donors (Lipinski definition) is 0. The van der Waals surface area contributed by atoms with Crippen molar-refractivity contribution in [1.82, 2.24) is 0 Å². The molecular weight excluding hydrogens is 248 g/mol. The monoisotopic (exact) mass is 264 g/mol. The summed E-state index contributed by atoms with van der Waals surface area (Å²) in [5, 5.41) is -0.898. The zero-order valence-corrected chi connectivity index (χ0v) is 11.3. The van der Waals surface area contributed by atoms with E-state index in [0.29, 0.717) is 18.4 Å². The number of carbonyl (C=O) groups excluding carboxylic acids is 1. The lowest BCUT2D eigenvalue weighted by molar-refractivity contribution is -0.114. The molecule has 0 radical (unpaired) electrons. The summed E-state index contributed by atoms with van der Waals surface area (Å²) in [6.45, 7) is 3.70. The molecule has 0 heterocycles. The number of Topliss-reactive ketones (excluding diaryl/α,β-unsaturated/α-hetero) is 1. The van der Waals surface area contributed by atoms with E-state index in [-0.39, 0.29) is 10.7 Å². The number of allylic oxidation sites excluding steroid dienone is 2. The highest BCUT2D eigenvalue weighted by molar-refractivity contribution is 7.92. The molecule has 1 saturated carbocycles. The van der Waals surface area contributed by atoms with Crippen molar-refractivity contribution >= 4 is 15.6 Å². The molecule has 0 amide bonds. The largest absolute Gasteiger partial charge is 0.293 e. The Morgan fingerprint density at radius 2 is 1.78 bits per heavy atom. The van der Waals surface area contributed by atoms with Gasteiger partial charge in [0.1, 0.15) is 5.25 Å². The van der Waals surface area contributed by atoms with Crippen molar-refractivity contribution in [2.24, 2.45) is 0 Å². The summed E-state index contributed by atoms with van der Waals surface area (Å²) in [5.74, 6) is -0.223. The maximum absolute atomic E-state index is 12.4. The predicted molar refractivity (Wildman–Crippen MR) is 70.0 cm³/mol. The van der Waals surface area contributed by atoms with Gasteiger partial charge in [-0.15, -0.1) is 0 Å². The average molecular weight is 264 g/mol. The predicted octanol–water partition coefficient (Wildman–Crippen LogP) is 2.53. The van der Waals surface area contributed by atoms with E-state index >= 15 is 0 Å². The average Bonchev–Trinajstić information content (AvgIpc) is 2.73. The lowest BCUT2D eigenvalue weighted by Gasteiger charge is -2.09. The van der Waals surface area contributed by atoms with Crippen LogP contribution in [0, 0.1) is 0 Å². The van der Waals surface area contributed by atoms with Gasteiger partial charge in [0.25, 0.3) is 0 Å². The van der Waals surface area contributed by atoms with Gasteiger partial charge in [-0.1, -0.05) is 23.8 Å². The Balaban J connectivity index is 2.41. The van der Waals surface area contributed by atoms with Crippen LogP contribution < -0.4 is 0 Å². The third kappa shape index (κ3) is 2.12. The van der Waals surface area contributed by atoms with Crippen molar-refractivity contribution in [2.45, 2.75) is 36.8 Å². The third-order valence-corrected chi connectivity index (χ3v) is 5.42. The number of hydrogen-bond acceptors (Lipinski definition) is 3. The molecule has 1 atom stereocenters. The molecule has 1 aromatic rings. The fourth-order valence-corrected chi connectivity index (χ4v) is 4.01. The van der Waals surface area contributed by atoms with Crippen molar-refractivity contribution in [3.05, 3.63) is 41.5 Å². The van der Waals surface area contributed by atoms with Crippen LogP contribution in [0.3, 0.4) is 0 Å². The Bertz CT molecular complexity index is 593. The summed E-state index contributed by atoms with van der Waals surface area (Å²) < 4.78 is 24.7. The van der Waals surface area contributed by atoms with Crippen LogP contribution in [0.5, 0.6) is 0 Å². The molecule has 96 valence electrons. The van der Waals surface area contributed by atoms with Gasteiger partial charge in [0, 0.05) is 0 Å². The maximum Gasteiger partial charge on any atom is 0.188 e. The zero-order chi connectivity index (χ0) is 13.3. The topological polar surface area (TPSA) is 51.2 Å². The molecule has 2 rings (SSSR count). The van der Waals surface area contributed by atoms with Crippen LogP contribution in [-0.4, -0.2) is 19.5 Å². The van der Waals surface area contributed by atoms with Crippen LogP contribution in [-0.2, 0) is 14.6 Å². The first-order valence-electron chi connectivity index (χ1n) is 5.94. The lowest BCUT2D eigenvalue weighted by atomic mass is 10.1. The molecule has 3 nitrogen and oxygen atoms in total. The van der Waals surface area contributed by atoms with Crippen molar-refractivity contribution in [3.8, 4) is 0 Å². The van der Waals surface area contributed by atoms with E-state index in [4.69, 9.17) is 0 Å². The van der Waals surface area contributed by atoms with Crippen LogP contribution >= 0.6 is 0 Å². The quantitative estimate of drug-likeness (QED) is 0.771. The van der Waals surface area contributed by atoms with E-state index in [0.717, 1.165) is 5.57 Å². The van der Waals surface area contributed by atoms with Crippen molar-refractivity contribution in [3.63, 3.8) is 0 Å². The van der Waals surface area contributed by atoms with Gasteiger partial charge in [-0.05, 0) is 44.4 Å². The minimum absolute atomic E-state index is 0.223. The fourth-order valence-electron chi connectivity index (χ4n) is 2.29. The van der Waals surface area contributed by atoms with Gasteiger partial charge in [-0.2, -0.15) is 0 Å². The molecule has 0 aliphatic heterocycles. The normalized spacial score (nSPS) is 20.2. The van der Waals surface area contributed by atoms with Crippen LogP contribution in [0.1, 0.15) is 26.7 Å². The van der Waals surface area contributed by atoms with Gasteiger partial charge in [0.05, 0.1) is 4.90 Å². The third-order valence-electron chi connectivity index (χ3n) is 3.30. The van der Waals surface area contributed by atoms with E-state index < -0.39 is 15.1 Å². The zero-order valence-electron chi connectivity index (χ0n) is 10.5. The highest BCUT2D eigenvalue weighted by Crippen LogP contribution is 2.31. The smallest absolute Gasteiger partial charge is 0.188 e. The lowest BCUT2D eigenvalue weighted by Crippen LogP contribution is -2.26. The van der Waals surface area contributed by atoms with Crippen molar-refractivity contribution in [1.29, 1.82) is 0 Å². The number of carbonyl (C=O) groups is 1. The summed E-state index contributed by atoms with van der Waals surface area (Å²) in [5.41, 5.74) is 1.60. The molecule has 1 unspecified atom stereocenters. The van der Waals surface area contributed by atoms with Crippen molar-refractivity contribution in [2.75, 3.05) is 0 Å². The standard InChI is InChI=1S/C14H16O3S/c1-10(2)12-8-9-13(14(12)15)18(16,17)11-6-4-3-5-7-11/h3-7,13H,8-9H2,1-2H3. The number of sulfone groups is 1. The minimum Gasteiger partial charge on any atom is -0.293 e. The second-order valence-electron chi connectivity index (χ2n) is 4.73. The SMILES string of the molecule is CC(C)=C1CCC(S(=O)(=O)c2ccccc2)C1=O. The van der Waals surface area contributed by atoms with Gasteiger partial charge < -0.3 is 0 Å². The Morgan fingerprint density at radius 3 is 2.28 bits per heavy atom. The molecule has 0 bridgehead atoms. The minimum atomic E-state index is -3.54. The number of ketones is 1.